The van der Waals surface area contributed by atoms with E-state index in [1.807, 2.05) is 0 Å². The Morgan fingerprint density at radius 1 is 1.47 bits per heavy atom. The number of Topliss-reactive ketones (excluding diaryl/α,β-unsaturated/α-hetero) is 1. The minimum Gasteiger partial charge on any atom is -0.381 e. The molecule has 2 heterocycles. The van der Waals surface area contributed by atoms with Crippen LogP contribution in [0.1, 0.15) is 32.7 Å². The van der Waals surface area contributed by atoms with Crippen LogP contribution in [0.25, 0.3) is 0 Å². The van der Waals surface area contributed by atoms with Crippen molar-refractivity contribution >= 4 is 23.0 Å². The Hall–Kier alpha value is -1.20. The summed E-state index contributed by atoms with van der Waals surface area (Å²) in [6.07, 6.45) is 1.00. The van der Waals surface area contributed by atoms with Crippen molar-refractivity contribution in [3.63, 3.8) is 0 Å². The maximum atomic E-state index is 11.8. The van der Waals surface area contributed by atoms with Crippen molar-refractivity contribution in [2.24, 2.45) is 5.92 Å². The molecule has 0 aliphatic carbocycles. The van der Waals surface area contributed by atoms with Crippen molar-refractivity contribution in [2.75, 3.05) is 19.8 Å². The zero-order chi connectivity index (χ0) is 12.3. The van der Waals surface area contributed by atoms with Gasteiger partial charge in [0.1, 0.15) is 0 Å². The van der Waals surface area contributed by atoms with Gasteiger partial charge in [-0.05, 0) is 25.5 Å². The number of carbonyl (C=O) groups is 2. The van der Waals surface area contributed by atoms with Gasteiger partial charge in [0.15, 0.2) is 5.78 Å². The summed E-state index contributed by atoms with van der Waals surface area (Å²) in [5.41, 5.74) is 0. The highest BCUT2D eigenvalue weighted by Crippen LogP contribution is 2.17. The summed E-state index contributed by atoms with van der Waals surface area (Å²) >= 11 is 1.24. The molecule has 1 unspecified atom stereocenters. The van der Waals surface area contributed by atoms with E-state index in [2.05, 4.69) is 5.32 Å². The number of ether oxygens (including phenoxy) is 1. The number of rotatable bonds is 4. The third-order valence-corrected chi connectivity index (χ3v) is 3.94. The summed E-state index contributed by atoms with van der Waals surface area (Å²) in [6.45, 7) is 3.66. The van der Waals surface area contributed by atoms with E-state index in [1.54, 1.807) is 12.1 Å². The second kappa shape index (κ2) is 5.42. The van der Waals surface area contributed by atoms with Gasteiger partial charge in [0.2, 0.25) is 0 Å². The van der Waals surface area contributed by atoms with Crippen LogP contribution in [-0.4, -0.2) is 31.4 Å². The SMILES string of the molecule is CC(=O)c1ccc(C(=O)NCC2CCOC2)s1. The minimum atomic E-state index is -0.102. The molecule has 17 heavy (non-hydrogen) atoms. The quantitative estimate of drug-likeness (QED) is 0.831. The molecule has 0 bridgehead atoms. The van der Waals surface area contributed by atoms with E-state index in [-0.39, 0.29) is 11.7 Å². The molecule has 0 radical (unpaired) electrons. The predicted octanol–water partition coefficient (Wildman–Crippen LogP) is 1.72. The van der Waals surface area contributed by atoms with Gasteiger partial charge >= 0.3 is 0 Å². The number of amides is 1. The van der Waals surface area contributed by atoms with Gasteiger partial charge in [-0.25, -0.2) is 0 Å². The van der Waals surface area contributed by atoms with Crippen LogP contribution in [0.4, 0.5) is 0 Å². The van der Waals surface area contributed by atoms with Gasteiger partial charge in [0.25, 0.3) is 5.91 Å². The monoisotopic (exact) mass is 253 g/mol. The molecule has 1 fully saturated rings. The van der Waals surface area contributed by atoms with Gasteiger partial charge in [0.05, 0.1) is 16.4 Å². The fraction of sp³-hybridized carbons (Fsp3) is 0.500. The number of carbonyl (C=O) groups excluding carboxylic acids is 2. The molecule has 1 aliphatic heterocycles. The molecular weight excluding hydrogens is 238 g/mol. The van der Waals surface area contributed by atoms with Gasteiger partial charge < -0.3 is 10.1 Å². The van der Waals surface area contributed by atoms with Crippen LogP contribution in [0.15, 0.2) is 12.1 Å². The average molecular weight is 253 g/mol. The normalized spacial score (nSPS) is 19.2. The molecular formula is C12H15NO3S. The second-order valence-corrected chi connectivity index (χ2v) is 5.24. The Balaban J connectivity index is 1.87. The lowest BCUT2D eigenvalue weighted by Crippen LogP contribution is -2.28. The third kappa shape index (κ3) is 3.14. The van der Waals surface area contributed by atoms with E-state index in [0.29, 0.717) is 22.2 Å². The molecule has 0 aromatic carbocycles. The third-order valence-electron chi connectivity index (χ3n) is 2.75. The zero-order valence-electron chi connectivity index (χ0n) is 9.69. The molecule has 2 rings (SSSR count). The molecule has 0 saturated carbocycles. The van der Waals surface area contributed by atoms with Crippen LogP contribution in [0, 0.1) is 5.92 Å². The molecule has 4 nitrogen and oxygen atoms in total. The van der Waals surface area contributed by atoms with Crippen molar-refractivity contribution in [1.82, 2.24) is 5.32 Å². The van der Waals surface area contributed by atoms with Gasteiger partial charge in [-0.1, -0.05) is 0 Å². The number of hydrogen-bond acceptors (Lipinski definition) is 4. The predicted molar refractivity (Wildman–Crippen MR) is 65.6 cm³/mol. The first-order valence-corrected chi connectivity index (χ1v) is 6.45. The summed E-state index contributed by atoms with van der Waals surface area (Å²) in [5, 5.41) is 2.87. The lowest BCUT2D eigenvalue weighted by molar-refractivity contribution is 0.0948. The van der Waals surface area contributed by atoms with E-state index < -0.39 is 0 Å². The van der Waals surface area contributed by atoms with E-state index in [9.17, 15) is 9.59 Å². The number of hydrogen-bond donors (Lipinski definition) is 1. The lowest BCUT2D eigenvalue weighted by Gasteiger charge is -2.08. The molecule has 1 amide bonds. The topological polar surface area (TPSA) is 55.4 Å². The van der Waals surface area contributed by atoms with Crippen LogP contribution in [0.3, 0.4) is 0 Å². The van der Waals surface area contributed by atoms with E-state index in [4.69, 9.17) is 4.74 Å². The van der Waals surface area contributed by atoms with Crippen LogP contribution in [0.2, 0.25) is 0 Å². The molecule has 1 saturated heterocycles. The summed E-state index contributed by atoms with van der Waals surface area (Å²) in [4.78, 5) is 24.1. The Morgan fingerprint density at radius 3 is 2.82 bits per heavy atom. The van der Waals surface area contributed by atoms with E-state index in [1.165, 1.54) is 18.3 Å². The lowest BCUT2D eigenvalue weighted by atomic mass is 10.1. The van der Waals surface area contributed by atoms with Gasteiger partial charge in [-0.3, -0.25) is 9.59 Å². The summed E-state index contributed by atoms with van der Waals surface area (Å²) in [5.74, 6) is 0.318. The minimum absolute atomic E-state index is 0.00163. The largest absolute Gasteiger partial charge is 0.381 e. The van der Waals surface area contributed by atoms with E-state index in [0.717, 1.165) is 19.6 Å². The maximum absolute atomic E-state index is 11.8. The molecule has 1 aliphatic rings. The van der Waals surface area contributed by atoms with E-state index >= 15 is 0 Å². The second-order valence-electron chi connectivity index (χ2n) is 4.16. The standard InChI is InChI=1S/C12H15NO3S/c1-8(14)10-2-3-11(17-10)12(15)13-6-9-4-5-16-7-9/h2-3,9H,4-7H2,1H3,(H,13,15). The van der Waals surface area contributed by atoms with Crippen LogP contribution >= 0.6 is 11.3 Å². The molecule has 0 spiro atoms. The zero-order valence-corrected chi connectivity index (χ0v) is 10.5. The van der Waals surface area contributed by atoms with Crippen molar-refractivity contribution < 1.29 is 14.3 Å². The number of nitrogens with one attached hydrogen (secondary N) is 1. The van der Waals surface area contributed by atoms with Crippen LogP contribution in [-0.2, 0) is 4.74 Å². The number of thiophene rings is 1. The fourth-order valence-corrected chi connectivity index (χ4v) is 2.54. The smallest absolute Gasteiger partial charge is 0.261 e. The fourth-order valence-electron chi connectivity index (χ4n) is 1.72. The molecule has 1 atom stereocenters. The molecule has 1 N–H and O–H groups in total. The summed E-state index contributed by atoms with van der Waals surface area (Å²) in [7, 11) is 0. The van der Waals surface area contributed by atoms with Gasteiger partial charge in [-0.2, -0.15) is 0 Å². The number of ketones is 1. The van der Waals surface area contributed by atoms with Crippen LogP contribution < -0.4 is 5.32 Å². The summed E-state index contributed by atoms with van der Waals surface area (Å²) in [6, 6.07) is 3.39. The highest BCUT2D eigenvalue weighted by molar-refractivity contribution is 7.15. The van der Waals surface area contributed by atoms with Crippen LogP contribution in [0.5, 0.6) is 0 Å². The Morgan fingerprint density at radius 2 is 2.24 bits per heavy atom. The molecule has 5 heteroatoms. The Bertz CT molecular complexity index is 421. The molecule has 1 aromatic rings. The Labute approximate surface area is 104 Å². The Kier molecular flexibility index (Phi) is 3.91. The average Bonchev–Trinajstić information content (AvgIpc) is 2.96. The van der Waals surface area contributed by atoms with Crippen molar-refractivity contribution in [3.05, 3.63) is 21.9 Å². The summed E-state index contributed by atoms with van der Waals surface area (Å²) < 4.78 is 5.24. The van der Waals surface area contributed by atoms with Crippen molar-refractivity contribution in [3.8, 4) is 0 Å². The maximum Gasteiger partial charge on any atom is 0.261 e. The van der Waals surface area contributed by atoms with Crippen molar-refractivity contribution in [2.45, 2.75) is 13.3 Å². The molecule has 92 valence electrons. The van der Waals surface area contributed by atoms with Gasteiger partial charge in [-0.15, -0.1) is 11.3 Å². The highest BCUT2D eigenvalue weighted by Gasteiger charge is 2.17. The highest BCUT2D eigenvalue weighted by atomic mass is 32.1. The van der Waals surface area contributed by atoms with Crippen molar-refractivity contribution in [1.29, 1.82) is 0 Å². The first-order chi connectivity index (χ1) is 8.16. The molecule has 1 aromatic heterocycles. The first kappa shape index (κ1) is 12.3. The van der Waals surface area contributed by atoms with Gasteiger partial charge in [0, 0.05) is 19.1 Å². The first-order valence-electron chi connectivity index (χ1n) is 5.63.